The second-order valence-corrected chi connectivity index (χ2v) is 7.07. The van der Waals surface area contributed by atoms with Gasteiger partial charge in [-0.05, 0) is 30.5 Å². The molecule has 3 N–H and O–H groups in total. The second-order valence-electron chi connectivity index (χ2n) is 7.07. The van der Waals surface area contributed by atoms with Gasteiger partial charge in [0.05, 0.1) is 6.42 Å². The van der Waals surface area contributed by atoms with Crippen LogP contribution in [-0.4, -0.2) is 54.0 Å². The highest BCUT2D eigenvalue weighted by molar-refractivity contribution is 5.80. The van der Waals surface area contributed by atoms with Crippen LogP contribution in [0.1, 0.15) is 37.7 Å². The quantitative estimate of drug-likeness (QED) is 0.823. The Balaban J connectivity index is 1.43. The van der Waals surface area contributed by atoms with Gasteiger partial charge in [-0.2, -0.15) is 0 Å². The van der Waals surface area contributed by atoms with Crippen molar-refractivity contribution in [2.24, 2.45) is 0 Å². The number of hydrogen-bond donors (Lipinski definition) is 2. The highest BCUT2D eigenvalue weighted by atomic mass is 16.2. The lowest BCUT2D eigenvalue weighted by atomic mass is 9.96. The maximum Gasteiger partial charge on any atom is 0.317 e. The van der Waals surface area contributed by atoms with Crippen LogP contribution in [0.15, 0.2) is 24.3 Å². The topological polar surface area (TPSA) is 78.7 Å². The number of nitrogens with one attached hydrogen (secondary N) is 1. The number of urea groups is 1. The number of carbonyl (C=O) groups is 2. The Labute approximate surface area is 149 Å². The van der Waals surface area contributed by atoms with Crippen molar-refractivity contribution >= 4 is 17.6 Å². The lowest BCUT2D eigenvalue weighted by molar-refractivity contribution is -0.131. The average molecular weight is 344 g/mol. The molecule has 25 heavy (non-hydrogen) atoms. The Hall–Kier alpha value is -2.24. The van der Waals surface area contributed by atoms with E-state index in [4.69, 9.17) is 5.73 Å². The number of rotatable bonds is 3. The first-order valence-electron chi connectivity index (χ1n) is 9.29. The standard InChI is InChI=1S/C19H28N4O2/c20-16-8-6-15(7-9-16)14-18(24)22-10-12-23(13-11-22)19(25)21-17-4-2-1-3-5-17/h6-9,17H,1-5,10-14,20H2,(H,21,25). The molecule has 1 aliphatic carbocycles. The highest BCUT2D eigenvalue weighted by Gasteiger charge is 2.25. The summed E-state index contributed by atoms with van der Waals surface area (Å²) in [5.74, 6) is 0.108. The van der Waals surface area contributed by atoms with E-state index in [1.807, 2.05) is 34.1 Å². The summed E-state index contributed by atoms with van der Waals surface area (Å²) in [5.41, 5.74) is 7.34. The van der Waals surface area contributed by atoms with E-state index in [9.17, 15) is 9.59 Å². The maximum absolute atomic E-state index is 12.4. The molecule has 1 saturated carbocycles. The van der Waals surface area contributed by atoms with Crippen molar-refractivity contribution < 1.29 is 9.59 Å². The zero-order chi connectivity index (χ0) is 17.6. The van der Waals surface area contributed by atoms with Crippen LogP contribution in [0.3, 0.4) is 0 Å². The van der Waals surface area contributed by atoms with Gasteiger partial charge >= 0.3 is 6.03 Å². The monoisotopic (exact) mass is 344 g/mol. The number of benzene rings is 1. The summed E-state index contributed by atoms with van der Waals surface area (Å²) in [4.78, 5) is 28.5. The normalized spacial score (nSPS) is 18.9. The molecule has 0 unspecified atom stereocenters. The Kier molecular flexibility index (Phi) is 5.79. The molecule has 0 bridgehead atoms. The SMILES string of the molecule is Nc1ccc(CC(=O)N2CCN(C(=O)NC3CCCCC3)CC2)cc1. The number of carbonyl (C=O) groups excluding carboxylic acids is 2. The fourth-order valence-corrected chi connectivity index (χ4v) is 3.59. The zero-order valence-corrected chi connectivity index (χ0v) is 14.7. The van der Waals surface area contributed by atoms with Crippen molar-refractivity contribution in [3.05, 3.63) is 29.8 Å². The van der Waals surface area contributed by atoms with Gasteiger partial charge in [0.25, 0.3) is 0 Å². The van der Waals surface area contributed by atoms with Gasteiger partial charge in [0, 0.05) is 37.9 Å². The van der Waals surface area contributed by atoms with Crippen LogP contribution in [0.5, 0.6) is 0 Å². The van der Waals surface area contributed by atoms with E-state index < -0.39 is 0 Å². The first kappa shape index (κ1) is 17.6. The molecule has 1 saturated heterocycles. The number of piperazine rings is 1. The molecule has 6 nitrogen and oxygen atoms in total. The molecule has 3 rings (SSSR count). The van der Waals surface area contributed by atoms with Crippen molar-refractivity contribution in [2.75, 3.05) is 31.9 Å². The Bertz CT molecular complexity index is 588. The molecule has 6 heteroatoms. The Morgan fingerprint density at radius 2 is 1.56 bits per heavy atom. The van der Waals surface area contributed by atoms with Crippen molar-refractivity contribution in [3.63, 3.8) is 0 Å². The number of anilines is 1. The van der Waals surface area contributed by atoms with Gasteiger partial charge < -0.3 is 20.9 Å². The van der Waals surface area contributed by atoms with E-state index >= 15 is 0 Å². The second kappa shape index (κ2) is 8.23. The van der Waals surface area contributed by atoms with E-state index in [0.29, 0.717) is 44.3 Å². The first-order chi connectivity index (χ1) is 12.1. The minimum absolute atomic E-state index is 0.0255. The van der Waals surface area contributed by atoms with Crippen LogP contribution < -0.4 is 11.1 Å². The molecule has 2 aliphatic rings. The van der Waals surface area contributed by atoms with Crippen LogP contribution in [-0.2, 0) is 11.2 Å². The molecule has 0 atom stereocenters. The van der Waals surface area contributed by atoms with E-state index in [-0.39, 0.29) is 11.9 Å². The lowest BCUT2D eigenvalue weighted by Crippen LogP contribution is -2.54. The Morgan fingerprint density at radius 1 is 0.960 bits per heavy atom. The summed E-state index contributed by atoms with van der Waals surface area (Å²) in [7, 11) is 0. The predicted octanol–water partition coefficient (Wildman–Crippen LogP) is 2.00. The van der Waals surface area contributed by atoms with Crippen LogP contribution in [0, 0.1) is 0 Å². The molecule has 1 heterocycles. The van der Waals surface area contributed by atoms with E-state index in [1.165, 1.54) is 19.3 Å². The molecule has 2 fully saturated rings. The van der Waals surface area contributed by atoms with E-state index in [0.717, 1.165) is 18.4 Å². The molecule has 0 spiro atoms. The van der Waals surface area contributed by atoms with Gasteiger partial charge in [0.1, 0.15) is 0 Å². The summed E-state index contributed by atoms with van der Waals surface area (Å²) in [6.07, 6.45) is 6.25. The fourth-order valence-electron chi connectivity index (χ4n) is 3.59. The van der Waals surface area contributed by atoms with Crippen LogP contribution in [0.4, 0.5) is 10.5 Å². The Morgan fingerprint density at radius 3 is 2.20 bits per heavy atom. The summed E-state index contributed by atoms with van der Waals surface area (Å²) < 4.78 is 0. The van der Waals surface area contributed by atoms with Crippen molar-refractivity contribution in [3.8, 4) is 0 Å². The zero-order valence-electron chi connectivity index (χ0n) is 14.7. The summed E-state index contributed by atoms with van der Waals surface area (Å²) in [5, 5.41) is 3.15. The lowest BCUT2D eigenvalue weighted by Gasteiger charge is -2.36. The molecule has 1 aromatic carbocycles. The number of nitrogens with two attached hydrogens (primary N) is 1. The minimum atomic E-state index is 0.0255. The number of hydrogen-bond acceptors (Lipinski definition) is 3. The summed E-state index contributed by atoms with van der Waals surface area (Å²) in [6.45, 7) is 2.41. The highest BCUT2D eigenvalue weighted by Crippen LogP contribution is 2.18. The molecule has 1 aromatic rings. The summed E-state index contributed by atoms with van der Waals surface area (Å²) >= 11 is 0. The number of amides is 3. The number of nitrogens with zero attached hydrogens (tertiary/aromatic N) is 2. The first-order valence-corrected chi connectivity index (χ1v) is 9.29. The van der Waals surface area contributed by atoms with Gasteiger partial charge in [0.15, 0.2) is 0 Å². The van der Waals surface area contributed by atoms with Gasteiger partial charge in [-0.1, -0.05) is 31.4 Å². The maximum atomic E-state index is 12.4. The number of nitrogen functional groups attached to an aromatic ring is 1. The van der Waals surface area contributed by atoms with Crippen LogP contribution >= 0.6 is 0 Å². The van der Waals surface area contributed by atoms with Gasteiger partial charge in [0.2, 0.25) is 5.91 Å². The van der Waals surface area contributed by atoms with Gasteiger partial charge in [-0.3, -0.25) is 4.79 Å². The van der Waals surface area contributed by atoms with Crippen molar-refractivity contribution in [1.29, 1.82) is 0 Å². The third kappa shape index (κ3) is 4.87. The average Bonchev–Trinajstić information content (AvgIpc) is 2.64. The third-order valence-electron chi connectivity index (χ3n) is 5.19. The molecule has 0 aromatic heterocycles. The molecular weight excluding hydrogens is 316 g/mol. The molecular formula is C19H28N4O2. The largest absolute Gasteiger partial charge is 0.399 e. The van der Waals surface area contributed by atoms with E-state index in [2.05, 4.69) is 5.32 Å². The molecule has 3 amide bonds. The molecule has 0 radical (unpaired) electrons. The third-order valence-corrected chi connectivity index (χ3v) is 5.19. The summed E-state index contributed by atoms with van der Waals surface area (Å²) in [6, 6.07) is 7.76. The fraction of sp³-hybridized carbons (Fsp3) is 0.579. The molecule has 1 aliphatic heterocycles. The van der Waals surface area contributed by atoms with E-state index in [1.54, 1.807) is 0 Å². The molecule has 136 valence electrons. The predicted molar refractivity (Wildman–Crippen MR) is 98.1 cm³/mol. The smallest absolute Gasteiger partial charge is 0.317 e. The van der Waals surface area contributed by atoms with Gasteiger partial charge in [-0.15, -0.1) is 0 Å². The van der Waals surface area contributed by atoms with Crippen LogP contribution in [0.25, 0.3) is 0 Å². The van der Waals surface area contributed by atoms with Crippen LogP contribution in [0.2, 0.25) is 0 Å². The van der Waals surface area contributed by atoms with Crippen molar-refractivity contribution in [2.45, 2.75) is 44.6 Å². The van der Waals surface area contributed by atoms with Crippen molar-refractivity contribution in [1.82, 2.24) is 15.1 Å². The van der Waals surface area contributed by atoms with Gasteiger partial charge in [-0.25, -0.2) is 4.79 Å². The minimum Gasteiger partial charge on any atom is -0.399 e.